The molecule has 2 aliphatic heterocycles. The van der Waals surface area contributed by atoms with E-state index in [-0.39, 0.29) is 43.9 Å². The molecule has 0 aliphatic carbocycles. The Morgan fingerprint density at radius 1 is 0.768 bits per heavy atom. The van der Waals surface area contributed by atoms with Crippen molar-refractivity contribution in [3.05, 3.63) is 35.4 Å². The lowest BCUT2D eigenvalue weighted by Crippen LogP contribution is -2.34. The highest BCUT2D eigenvalue weighted by Crippen LogP contribution is 2.51. The zero-order valence-corrected chi connectivity index (χ0v) is 35.1. The molecule has 0 radical (unpaired) electrons. The first-order valence-corrected chi connectivity index (χ1v) is 24.2. The van der Waals surface area contributed by atoms with Crippen LogP contribution in [-0.4, -0.2) is 93.7 Å². The maximum absolute atomic E-state index is 12.8. The third-order valence-corrected chi connectivity index (χ3v) is 12.4. The number of aromatic nitrogens is 6. The number of imidazole rings is 1. The SMILES string of the molecule is CCCCCCCCCCCCCCCCOCCCOP1(=O)CO[C@@H](Cn2cnc3c(N)ncnc32)CO1.CP1(=O)CO[C@@H](Cn2ccc(N)nc2=O)CO1. The van der Waals surface area contributed by atoms with Gasteiger partial charge in [0.1, 0.15) is 42.6 Å². The maximum atomic E-state index is 12.8. The van der Waals surface area contributed by atoms with Crippen LogP contribution in [-0.2, 0) is 50.0 Å². The molecule has 19 heteroatoms. The highest BCUT2D eigenvalue weighted by molar-refractivity contribution is 7.58. The molecule has 17 nitrogen and oxygen atoms in total. The predicted molar refractivity (Wildman–Crippen MR) is 217 cm³/mol. The molecule has 56 heavy (non-hydrogen) atoms. The van der Waals surface area contributed by atoms with E-state index in [2.05, 4.69) is 26.9 Å². The summed E-state index contributed by atoms with van der Waals surface area (Å²) >= 11 is 0. The monoisotopic (exact) mass is 826 g/mol. The molecule has 3 aromatic rings. The third-order valence-electron chi connectivity index (χ3n) is 9.49. The summed E-state index contributed by atoms with van der Waals surface area (Å²) in [5.74, 6) is 0.520. The summed E-state index contributed by atoms with van der Waals surface area (Å²) < 4.78 is 60.6. The summed E-state index contributed by atoms with van der Waals surface area (Å²) in [4.78, 5) is 27.5. The van der Waals surface area contributed by atoms with Gasteiger partial charge in [0.25, 0.3) is 0 Å². The van der Waals surface area contributed by atoms with Gasteiger partial charge in [-0.2, -0.15) is 4.98 Å². The number of hydrogen-bond acceptors (Lipinski definition) is 15. The molecule has 2 fully saturated rings. The zero-order chi connectivity index (χ0) is 40.1. The quantitative estimate of drug-likeness (QED) is 0.0687. The normalized spacial score (nSPS) is 22.5. The standard InChI is InChI=1S/C28H50N5O5P.C9H14N3O4P/c1-2-3-4-5-6-7-8-9-10-11-12-13-14-15-17-35-18-16-19-37-39(34)24-36-25(21-38-39)20-33-23-32-26-27(29)30-22-31-28(26)33;1-17(14)6-15-7(5-16-17)4-12-3-2-8(10)11-9(12)13/h22-23,25H,2-21,24H2,1H3,(H2,29,30,31);2-3,7H,4-6H2,1H3,(H2,10,11,13)/t25-,39?;7-,17?/m00/s1. The van der Waals surface area contributed by atoms with E-state index in [1.807, 2.05) is 4.57 Å². The van der Waals surface area contributed by atoms with E-state index in [9.17, 15) is 13.9 Å². The topological polar surface area (TPSA) is 220 Å². The van der Waals surface area contributed by atoms with Crippen LogP contribution in [0.15, 0.2) is 29.7 Å². The van der Waals surface area contributed by atoms with Gasteiger partial charge in [-0.15, -0.1) is 0 Å². The Hall–Kier alpha value is -2.75. The number of fused-ring (bicyclic) bond motifs is 1. The van der Waals surface area contributed by atoms with Gasteiger partial charge in [-0.05, 0) is 18.9 Å². The second-order valence-corrected chi connectivity index (χ2v) is 19.1. The summed E-state index contributed by atoms with van der Waals surface area (Å²) in [5.41, 5.74) is 12.0. The molecule has 0 bridgehead atoms. The fourth-order valence-corrected chi connectivity index (χ4v) is 8.70. The molecule has 2 saturated heterocycles. The Balaban J connectivity index is 0.000000339. The fourth-order valence-electron chi connectivity index (χ4n) is 6.25. The second-order valence-electron chi connectivity index (χ2n) is 14.6. The van der Waals surface area contributed by atoms with Gasteiger partial charge in [0.05, 0.1) is 39.2 Å². The fraction of sp³-hybridized carbons (Fsp3) is 0.757. The van der Waals surface area contributed by atoms with Gasteiger partial charge in [-0.3, -0.25) is 13.7 Å². The van der Waals surface area contributed by atoms with E-state index >= 15 is 0 Å². The predicted octanol–water partition coefficient (Wildman–Crippen LogP) is 6.99. The van der Waals surface area contributed by atoms with Crippen LogP contribution in [0.1, 0.15) is 103 Å². The Labute approximate surface area is 330 Å². The number of nitrogens with two attached hydrogens (primary N) is 2. The molecule has 0 aromatic carbocycles. The lowest BCUT2D eigenvalue weighted by atomic mass is 10.0. The second kappa shape index (κ2) is 24.9. The van der Waals surface area contributed by atoms with Gasteiger partial charge in [-0.25, -0.2) is 19.7 Å². The van der Waals surface area contributed by atoms with Crippen molar-refractivity contribution < 1.29 is 36.9 Å². The molecular weight excluding hydrogens is 762 g/mol. The van der Waals surface area contributed by atoms with Crippen LogP contribution in [0.4, 0.5) is 11.6 Å². The molecule has 5 heterocycles. The minimum Gasteiger partial charge on any atom is -0.383 e. The van der Waals surface area contributed by atoms with Crippen molar-refractivity contribution in [2.45, 2.75) is 129 Å². The van der Waals surface area contributed by atoms with Crippen molar-refractivity contribution in [3.8, 4) is 0 Å². The number of ether oxygens (including phenoxy) is 3. The average molecular weight is 827 g/mol. The molecule has 316 valence electrons. The van der Waals surface area contributed by atoms with Crippen LogP contribution in [0.25, 0.3) is 11.2 Å². The van der Waals surface area contributed by atoms with Crippen LogP contribution in [0.5, 0.6) is 0 Å². The Bertz CT molecular complexity index is 1700. The van der Waals surface area contributed by atoms with Gasteiger partial charge < -0.3 is 43.8 Å². The number of nitrogens with zero attached hydrogens (tertiary/aromatic N) is 6. The molecule has 5 rings (SSSR count). The van der Waals surface area contributed by atoms with Gasteiger partial charge in [0.15, 0.2) is 11.5 Å². The largest absolute Gasteiger partial charge is 0.383 e. The van der Waals surface area contributed by atoms with Gasteiger partial charge >= 0.3 is 13.3 Å². The number of rotatable bonds is 24. The number of hydrogen-bond donors (Lipinski definition) is 2. The number of anilines is 2. The minimum absolute atomic E-state index is 0.0681. The van der Waals surface area contributed by atoms with Crippen LogP contribution in [0.3, 0.4) is 0 Å². The van der Waals surface area contributed by atoms with Crippen molar-refractivity contribution in [1.29, 1.82) is 0 Å². The summed E-state index contributed by atoms with van der Waals surface area (Å²) in [6, 6.07) is 1.54. The van der Waals surface area contributed by atoms with Crippen molar-refractivity contribution in [1.82, 2.24) is 29.1 Å². The molecule has 4 N–H and O–H groups in total. The smallest absolute Gasteiger partial charge is 0.356 e. The molecule has 4 atom stereocenters. The zero-order valence-electron chi connectivity index (χ0n) is 33.3. The van der Waals surface area contributed by atoms with E-state index in [0.29, 0.717) is 49.7 Å². The van der Waals surface area contributed by atoms with Crippen LogP contribution < -0.4 is 17.2 Å². The van der Waals surface area contributed by atoms with Crippen molar-refractivity contribution in [2.24, 2.45) is 0 Å². The first kappa shape index (κ1) is 45.9. The molecule has 0 saturated carbocycles. The molecule has 0 amide bonds. The Kier molecular flexibility index (Phi) is 20.4. The molecule has 2 unspecified atom stereocenters. The summed E-state index contributed by atoms with van der Waals surface area (Å²) in [7, 11) is -5.83. The third kappa shape index (κ3) is 17.0. The number of nitrogen functional groups attached to an aromatic ring is 2. The number of unbranched alkanes of at least 4 members (excludes halogenated alkanes) is 13. The van der Waals surface area contributed by atoms with Crippen LogP contribution >= 0.6 is 15.0 Å². The lowest BCUT2D eigenvalue weighted by molar-refractivity contribution is -0.0143. The van der Waals surface area contributed by atoms with E-state index in [1.54, 1.807) is 12.5 Å². The average Bonchev–Trinajstić information content (AvgIpc) is 3.59. The van der Waals surface area contributed by atoms with Crippen LogP contribution in [0.2, 0.25) is 0 Å². The van der Waals surface area contributed by atoms with E-state index in [0.717, 1.165) is 13.0 Å². The lowest BCUT2D eigenvalue weighted by Gasteiger charge is -2.29. The van der Waals surface area contributed by atoms with E-state index < -0.39 is 20.7 Å². The first-order valence-electron chi connectivity index (χ1n) is 20.2. The Morgan fingerprint density at radius 3 is 1.98 bits per heavy atom. The van der Waals surface area contributed by atoms with Gasteiger partial charge in [-0.1, -0.05) is 90.4 Å². The summed E-state index contributed by atoms with van der Waals surface area (Å²) in [6.07, 6.45) is 23.7. The molecular formula is C37H64N8O9P2. The van der Waals surface area contributed by atoms with Crippen molar-refractivity contribution >= 4 is 37.8 Å². The first-order chi connectivity index (χ1) is 27.1. The Morgan fingerprint density at radius 2 is 1.38 bits per heavy atom. The van der Waals surface area contributed by atoms with Gasteiger partial charge in [0.2, 0.25) is 7.37 Å². The summed E-state index contributed by atoms with van der Waals surface area (Å²) in [5, 5.41) is 0. The highest BCUT2D eigenvalue weighted by Gasteiger charge is 2.33. The molecule has 3 aromatic heterocycles. The van der Waals surface area contributed by atoms with E-state index in [1.165, 1.54) is 107 Å². The minimum atomic E-state index is -3.24. The van der Waals surface area contributed by atoms with Crippen molar-refractivity contribution in [2.75, 3.05) is 63.9 Å². The van der Waals surface area contributed by atoms with Crippen LogP contribution in [0, 0.1) is 0 Å². The molecule has 2 aliphatic rings. The van der Waals surface area contributed by atoms with Gasteiger partial charge in [0, 0.05) is 26.1 Å². The highest BCUT2D eigenvalue weighted by atomic mass is 31.2. The molecule has 0 spiro atoms. The van der Waals surface area contributed by atoms with E-state index in [4.69, 9.17) is 39.2 Å². The maximum Gasteiger partial charge on any atom is 0.356 e. The van der Waals surface area contributed by atoms with Crippen molar-refractivity contribution in [3.63, 3.8) is 0 Å². The summed E-state index contributed by atoms with van der Waals surface area (Å²) in [6.45, 7) is 6.66.